The van der Waals surface area contributed by atoms with Crippen LogP contribution in [0.2, 0.25) is 0 Å². The molecule has 0 aliphatic heterocycles. The highest BCUT2D eigenvalue weighted by Crippen LogP contribution is 2.25. The van der Waals surface area contributed by atoms with Crippen LogP contribution in [-0.4, -0.2) is 23.4 Å². The molecule has 0 fully saturated rings. The number of anilines is 1. The Kier molecular flexibility index (Phi) is 5.26. The summed E-state index contributed by atoms with van der Waals surface area (Å²) in [5, 5.41) is 4.86. The lowest BCUT2D eigenvalue weighted by molar-refractivity contribution is -0.139. The summed E-state index contributed by atoms with van der Waals surface area (Å²) in [7, 11) is 1.45. The van der Waals surface area contributed by atoms with E-state index >= 15 is 0 Å². The molecule has 0 radical (unpaired) electrons. The van der Waals surface area contributed by atoms with Crippen LogP contribution >= 0.6 is 0 Å². The van der Waals surface area contributed by atoms with Crippen molar-refractivity contribution in [2.75, 3.05) is 12.4 Å². The lowest BCUT2D eigenvalue weighted by atomic mass is 10.2. The second-order valence-corrected chi connectivity index (χ2v) is 5.06. The Morgan fingerprint density at radius 1 is 1.16 bits per heavy atom. The number of halogens is 3. The lowest BCUT2D eigenvalue weighted by Crippen LogP contribution is -2.32. The van der Waals surface area contributed by atoms with Crippen LogP contribution in [0, 0.1) is 0 Å². The van der Waals surface area contributed by atoms with Crippen molar-refractivity contribution in [3.63, 3.8) is 0 Å². The standard InChI is InChI=1S/C16H14F3N3O3/c1-20-14(24)10-4-2-5-11(8-10)21-13(23)9-22-7-3-6-12(15(22)25)16(17,18)19/h2-8H,9H2,1H3,(H,20,24)(H,21,23). The highest BCUT2D eigenvalue weighted by molar-refractivity contribution is 5.97. The predicted molar refractivity (Wildman–Crippen MR) is 84.2 cm³/mol. The first-order valence-electron chi connectivity index (χ1n) is 7.11. The van der Waals surface area contributed by atoms with Crippen LogP contribution in [0.3, 0.4) is 0 Å². The summed E-state index contributed by atoms with van der Waals surface area (Å²) in [4.78, 5) is 35.3. The van der Waals surface area contributed by atoms with Gasteiger partial charge in [0, 0.05) is 24.5 Å². The van der Waals surface area contributed by atoms with Crippen molar-refractivity contribution in [2.45, 2.75) is 12.7 Å². The molecule has 1 aromatic heterocycles. The van der Waals surface area contributed by atoms with Gasteiger partial charge in [0.1, 0.15) is 12.1 Å². The number of hydrogen-bond acceptors (Lipinski definition) is 3. The Bertz CT molecular complexity index is 859. The fraction of sp³-hybridized carbons (Fsp3) is 0.188. The number of benzene rings is 1. The SMILES string of the molecule is CNC(=O)c1cccc(NC(=O)Cn2cccc(C(F)(F)F)c2=O)c1. The summed E-state index contributed by atoms with van der Waals surface area (Å²) in [5.74, 6) is -1.05. The van der Waals surface area contributed by atoms with Crippen LogP contribution in [0.15, 0.2) is 47.4 Å². The Hall–Kier alpha value is -3.10. The van der Waals surface area contributed by atoms with E-state index in [1.54, 1.807) is 0 Å². The van der Waals surface area contributed by atoms with Gasteiger partial charge in [-0.2, -0.15) is 13.2 Å². The van der Waals surface area contributed by atoms with Gasteiger partial charge in [0.15, 0.2) is 0 Å². The van der Waals surface area contributed by atoms with Gasteiger partial charge in [0.05, 0.1) is 0 Å². The van der Waals surface area contributed by atoms with Crippen molar-refractivity contribution < 1.29 is 22.8 Å². The summed E-state index contributed by atoms with van der Waals surface area (Å²) in [6, 6.07) is 7.70. The normalized spacial score (nSPS) is 11.0. The summed E-state index contributed by atoms with van der Waals surface area (Å²) >= 11 is 0. The van der Waals surface area contributed by atoms with Gasteiger partial charge < -0.3 is 15.2 Å². The zero-order valence-electron chi connectivity index (χ0n) is 13.1. The van der Waals surface area contributed by atoms with Gasteiger partial charge in [-0.15, -0.1) is 0 Å². The van der Waals surface area contributed by atoms with E-state index in [0.717, 1.165) is 12.3 Å². The van der Waals surface area contributed by atoms with Crippen molar-refractivity contribution in [3.8, 4) is 0 Å². The quantitative estimate of drug-likeness (QED) is 0.881. The summed E-state index contributed by atoms with van der Waals surface area (Å²) in [5.41, 5.74) is -2.06. The number of nitrogens with one attached hydrogen (secondary N) is 2. The first-order chi connectivity index (χ1) is 11.7. The Morgan fingerprint density at radius 2 is 1.88 bits per heavy atom. The number of pyridine rings is 1. The highest BCUT2D eigenvalue weighted by atomic mass is 19.4. The molecule has 2 aromatic rings. The number of carbonyl (C=O) groups is 2. The fourth-order valence-electron chi connectivity index (χ4n) is 2.11. The second-order valence-electron chi connectivity index (χ2n) is 5.06. The topological polar surface area (TPSA) is 80.2 Å². The van der Waals surface area contributed by atoms with Crippen molar-refractivity contribution in [1.82, 2.24) is 9.88 Å². The molecule has 0 aliphatic rings. The van der Waals surface area contributed by atoms with Gasteiger partial charge in [-0.05, 0) is 30.3 Å². The molecule has 0 unspecified atom stereocenters. The molecule has 0 spiro atoms. The number of nitrogens with zero attached hydrogens (tertiary/aromatic N) is 1. The smallest absolute Gasteiger partial charge is 0.355 e. The molecule has 0 saturated carbocycles. The van der Waals surface area contributed by atoms with Crippen molar-refractivity contribution in [3.05, 3.63) is 64.1 Å². The van der Waals surface area contributed by atoms with Crippen LogP contribution < -0.4 is 16.2 Å². The Balaban J connectivity index is 2.17. The van der Waals surface area contributed by atoms with Crippen LogP contribution in [0.25, 0.3) is 0 Å². The maximum atomic E-state index is 12.7. The molecular formula is C16H14F3N3O3. The van der Waals surface area contributed by atoms with Crippen molar-refractivity contribution in [2.24, 2.45) is 0 Å². The average molecular weight is 353 g/mol. The third-order valence-electron chi connectivity index (χ3n) is 3.28. The van der Waals surface area contributed by atoms with E-state index in [1.807, 2.05) is 0 Å². The monoisotopic (exact) mass is 353 g/mol. The molecule has 2 N–H and O–H groups in total. The number of alkyl halides is 3. The Morgan fingerprint density at radius 3 is 2.52 bits per heavy atom. The number of hydrogen-bond donors (Lipinski definition) is 2. The molecular weight excluding hydrogens is 339 g/mol. The fourth-order valence-corrected chi connectivity index (χ4v) is 2.11. The van der Waals surface area contributed by atoms with E-state index in [9.17, 15) is 27.6 Å². The van der Waals surface area contributed by atoms with Gasteiger partial charge >= 0.3 is 6.18 Å². The predicted octanol–water partition coefficient (Wildman–Crippen LogP) is 1.87. The molecule has 2 rings (SSSR count). The third kappa shape index (κ3) is 4.46. The van der Waals surface area contributed by atoms with Crippen LogP contribution in [-0.2, 0) is 17.5 Å². The van der Waals surface area contributed by atoms with Crippen LogP contribution in [0.1, 0.15) is 15.9 Å². The summed E-state index contributed by atoms with van der Waals surface area (Å²) < 4.78 is 38.8. The van der Waals surface area contributed by atoms with Gasteiger partial charge in [0.25, 0.3) is 11.5 Å². The molecule has 0 bridgehead atoms. The van der Waals surface area contributed by atoms with E-state index in [4.69, 9.17) is 0 Å². The maximum absolute atomic E-state index is 12.7. The number of rotatable bonds is 4. The number of carbonyl (C=O) groups excluding carboxylic acids is 2. The number of aromatic nitrogens is 1. The second kappa shape index (κ2) is 7.20. The van der Waals surface area contributed by atoms with Gasteiger partial charge in [0.2, 0.25) is 5.91 Å². The molecule has 2 amide bonds. The molecule has 1 aromatic carbocycles. The molecule has 0 aliphatic carbocycles. The zero-order chi connectivity index (χ0) is 18.6. The summed E-state index contributed by atoms with van der Waals surface area (Å²) in [6.45, 7) is -0.590. The van der Waals surface area contributed by atoms with Crippen molar-refractivity contribution in [1.29, 1.82) is 0 Å². The van der Waals surface area contributed by atoms with Gasteiger partial charge in [-0.25, -0.2) is 0 Å². The van der Waals surface area contributed by atoms with Gasteiger partial charge in [-0.3, -0.25) is 14.4 Å². The highest BCUT2D eigenvalue weighted by Gasteiger charge is 2.34. The van der Waals surface area contributed by atoms with E-state index < -0.39 is 29.8 Å². The molecule has 6 nitrogen and oxygen atoms in total. The van der Waals surface area contributed by atoms with Gasteiger partial charge in [-0.1, -0.05) is 6.07 Å². The third-order valence-corrected chi connectivity index (χ3v) is 3.28. The van der Waals surface area contributed by atoms with Crippen LogP contribution in [0.5, 0.6) is 0 Å². The molecule has 0 saturated heterocycles. The van der Waals surface area contributed by atoms with Crippen LogP contribution in [0.4, 0.5) is 18.9 Å². The Labute approximate surface area is 140 Å². The summed E-state index contributed by atoms with van der Waals surface area (Å²) in [6.07, 6.45) is -3.70. The minimum absolute atomic E-state index is 0.283. The molecule has 0 atom stereocenters. The largest absolute Gasteiger partial charge is 0.421 e. The zero-order valence-corrected chi connectivity index (χ0v) is 13.1. The minimum atomic E-state index is -4.79. The first-order valence-corrected chi connectivity index (χ1v) is 7.11. The molecule has 25 heavy (non-hydrogen) atoms. The lowest BCUT2D eigenvalue weighted by Gasteiger charge is -2.11. The van der Waals surface area contributed by atoms with E-state index in [2.05, 4.69) is 10.6 Å². The molecule has 1 heterocycles. The molecule has 132 valence electrons. The minimum Gasteiger partial charge on any atom is -0.355 e. The average Bonchev–Trinajstić information content (AvgIpc) is 2.55. The van der Waals surface area contributed by atoms with E-state index in [-0.39, 0.29) is 11.6 Å². The number of amides is 2. The maximum Gasteiger partial charge on any atom is 0.421 e. The van der Waals surface area contributed by atoms with Crippen molar-refractivity contribution >= 4 is 17.5 Å². The molecule has 9 heteroatoms. The van der Waals surface area contributed by atoms with E-state index in [0.29, 0.717) is 16.2 Å². The first kappa shape index (κ1) is 18.2. The van der Waals surface area contributed by atoms with E-state index in [1.165, 1.54) is 31.3 Å².